The molecule has 366 valence electrons. The fourth-order valence-electron chi connectivity index (χ4n) is 5.94. The second-order valence-electron chi connectivity index (χ2n) is 13.3. The van der Waals surface area contributed by atoms with Gasteiger partial charge in [-0.2, -0.15) is 123 Å². The summed E-state index contributed by atoms with van der Waals surface area (Å²) in [5.74, 6) is -58.9. The van der Waals surface area contributed by atoms with E-state index in [-0.39, 0.29) is 0 Å². The van der Waals surface area contributed by atoms with E-state index < -0.39 is 186 Å². The Kier molecular flexibility index (Phi) is 11.8. The van der Waals surface area contributed by atoms with Crippen LogP contribution in [0, 0.1) is 0 Å². The van der Waals surface area contributed by atoms with Crippen molar-refractivity contribution < 1.29 is 123 Å². The number of alkyl halides is 28. The van der Waals surface area contributed by atoms with Gasteiger partial charge >= 0.3 is 72.1 Å². The summed E-state index contributed by atoms with van der Waals surface area (Å²) in [6.07, 6.45) is -32.3. The quantitative estimate of drug-likeness (QED) is 0.152. The highest BCUT2D eigenvalue weighted by Gasteiger charge is 2.78. The van der Waals surface area contributed by atoms with E-state index in [0.29, 0.717) is 0 Å². The summed E-state index contributed by atoms with van der Waals surface area (Å²) in [4.78, 5) is 6.99. The molecule has 3 aromatic rings. The third-order valence-electron chi connectivity index (χ3n) is 9.14. The van der Waals surface area contributed by atoms with Crippen LogP contribution in [0.1, 0.15) is 45.0 Å². The van der Waals surface area contributed by atoms with Gasteiger partial charge in [-0.1, -0.05) is 23.2 Å². The molecule has 0 amide bonds. The zero-order chi connectivity index (χ0) is 51.2. The molecule has 5 heterocycles. The summed E-state index contributed by atoms with van der Waals surface area (Å²) in [5, 5.41) is -4.24. The number of fused-ring (bicyclic) bond motifs is 8. The van der Waals surface area contributed by atoms with Crippen molar-refractivity contribution >= 4 is 69.6 Å². The lowest BCUT2D eigenvalue weighted by Crippen LogP contribution is -2.50. The Morgan fingerprint density at radius 2 is 0.515 bits per heavy atom. The Morgan fingerprint density at radius 3 is 0.727 bits per heavy atom. The zero-order valence-corrected chi connectivity index (χ0v) is 31.2. The Labute approximate surface area is 351 Å². The average Bonchev–Trinajstić information content (AvgIpc) is 3.92. The number of nitrogens with one attached hydrogen (secondary N) is 2. The molecule has 0 aliphatic carbocycles. The van der Waals surface area contributed by atoms with Crippen LogP contribution in [0.4, 0.5) is 123 Å². The maximum Gasteiger partial charge on any atom is 0.460 e. The van der Waals surface area contributed by atoms with Gasteiger partial charge in [-0.25, -0.2) is 9.97 Å². The summed E-state index contributed by atoms with van der Waals surface area (Å²) in [6, 6.07) is -1.27. The van der Waals surface area contributed by atoms with E-state index >= 15 is 35.1 Å². The van der Waals surface area contributed by atoms with Crippen molar-refractivity contribution in [3.8, 4) is 0 Å². The average molecular weight is 1050 g/mol. The van der Waals surface area contributed by atoms with Gasteiger partial charge in [-0.15, -0.1) is 0 Å². The van der Waals surface area contributed by atoms with E-state index in [9.17, 15) is 87.8 Å². The normalized spacial score (nSPS) is 15.6. The summed E-state index contributed by atoms with van der Waals surface area (Å²) in [7, 11) is 0. The molecule has 2 aliphatic rings. The van der Waals surface area contributed by atoms with Crippen LogP contribution in [0.25, 0.3) is 46.4 Å². The SMILES string of the molecule is FC(F)(F)C(F)(F)C(F)(F)c1c2nc(c(C(F)(F)C(F)(F)C(F)(F)F)c3[nH]c(cc3Cl)c(C(F)(F)C(F)(F)C(F)(F)F)c3nc(c(C(F)(F)C(F)(F)C(F)(F)F)c4[nH]c1cc4Cl)C=C3)C=C2. The summed E-state index contributed by atoms with van der Waals surface area (Å²) in [5.41, 5.74) is -33.3. The van der Waals surface area contributed by atoms with Crippen LogP contribution in [0.2, 0.25) is 10.0 Å². The van der Waals surface area contributed by atoms with Crippen molar-refractivity contribution in [2.45, 2.75) is 72.1 Å². The molecule has 3 aromatic heterocycles. The molecule has 0 saturated carbocycles. The van der Waals surface area contributed by atoms with Gasteiger partial charge in [0.2, 0.25) is 0 Å². The number of rotatable bonds is 8. The van der Waals surface area contributed by atoms with Crippen LogP contribution in [0.5, 0.6) is 0 Å². The van der Waals surface area contributed by atoms with Crippen LogP contribution in [0.15, 0.2) is 12.1 Å². The molecular weight excluding hydrogens is 1040 g/mol. The molecule has 8 bridgehead atoms. The maximum absolute atomic E-state index is 15.8. The monoisotopic (exact) mass is 1050 g/mol. The first-order chi connectivity index (χ1) is 29.2. The number of aromatic amines is 2. The van der Waals surface area contributed by atoms with E-state index in [0.717, 1.165) is 9.97 Å². The molecule has 0 atom stereocenters. The number of hydrogen-bond acceptors (Lipinski definition) is 2. The minimum atomic E-state index is -7.59. The lowest BCUT2D eigenvalue weighted by molar-refractivity contribution is -0.359. The first-order valence-corrected chi connectivity index (χ1v) is 16.8. The van der Waals surface area contributed by atoms with Gasteiger partial charge in [0.1, 0.15) is 0 Å². The third-order valence-corrected chi connectivity index (χ3v) is 9.74. The molecule has 34 heteroatoms. The molecule has 5 rings (SSSR count). The smallest absolute Gasteiger partial charge is 0.353 e. The standard InChI is InChI=1S/C32H8Cl2F28N4/c33-7-5-13-15(21(35,36)25(43,44)29(51,52)53)9-1-3-11(63-9)17(23(39,40)27(47,48)31(57,58)59)19-8(34)6-14(66-19)16(22(37,38)26(45,46)30(54,55)56)10-2-4-12(64-10)18(20(7)65-13)24(41,42)28(49,50)32(60,61)62/h1-6,65-66H. The van der Waals surface area contributed by atoms with Crippen LogP contribution in [-0.4, -0.2) is 68.3 Å². The van der Waals surface area contributed by atoms with Crippen molar-refractivity contribution in [3.63, 3.8) is 0 Å². The van der Waals surface area contributed by atoms with Gasteiger partial charge < -0.3 is 9.97 Å². The van der Waals surface area contributed by atoms with Gasteiger partial charge in [0, 0.05) is 0 Å². The Morgan fingerprint density at radius 1 is 0.318 bits per heavy atom. The second-order valence-corrected chi connectivity index (χ2v) is 14.1. The van der Waals surface area contributed by atoms with Crippen molar-refractivity contribution in [2.75, 3.05) is 0 Å². The molecular formula is C32H8Cl2F28N4. The summed E-state index contributed by atoms with van der Waals surface area (Å²) >= 11 is 11.2. The topological polar surface area (TPSA) is 57.4 Å². The first-order valence-electron chi connectivity index (χ1n) is 16.0. The largest absolute Gasteiger partial charge is 0.460 e. The van der Waals surface area contributed by atoms with E-state index in [2.05, 4.69) is 9.97 Å². The van der Waals surface area contributed by atoms with Gasteiger partial charge in [0.15, 0.2) is 0 Å². The fraction of sp³-hybridized carbons (Fsp3) is 0.375. The second kappa shape index (κ2) is 14.9. The van der Waals surface area contributed by atoms with Gasteiger partial charge in [-0.05, 0) is 36.4 Å². The lowest BCUT2D eigenvalue weighted by atomic mass is 9.99. The first kappa shape index (κ1) is 52.2. The predicted molar refractivity (Wildman–Crippen MR) is 168 cm³/mol. The minimum Gasteiger partial charge on any atom is -0.353 e. The van der Waals surface area contributed by atoms with Crippen LogP contribution in [0.3, 0.4) is 0 Å². The summed E-state index contributed by atoms with van der Waals surface area (Å²) < 4.78 is 405. The number of nitrogens with zero attached hydrogens (tertiary/aromatic N) is 2. The molecule has 2 aliphatic heterocycles. The number of aromatic nitrogens is 4. The van der Waals surface area contributed by atoms with E-state index in [1.165, 1.54) is 0 Å². The van der Waals surface area contributed by atoms with E-state index in [1.54, 1.807) is 0 Å². The molecule has 0 saturated heterocycles. The fourth-order valence-corrected chi connectivity index (χ4v) is 6.44. The molecule has 0 radical (unpaired) electrons. The summed E-state index contributed by atoms with van der Waals surface area (Å²) in [6.45, 7) is 0. The number of hydrogen-bond donors (Lipinski definition) is 2. The lowest BCUT2D eigenvalue weighted by Gasteiger charge is -2.29. The van der Waals surface area contributed by atoms with Gasteiger partial charge in [0.25, 0.3) is 0 Å². The van der Waals surface area contributed by atoms with Gasteiger partial charge in [0.05, 0.1) is 77.1 Å². The van der Waals surface area contributed by atoms with Crippen LogP contribution >= 0.6 is 23.2 Å². The molecule has 66 heavy (non-hydrogen) atoms. The molecule has 0 aromatic carbocycles. The number of H-pyrrole nitrogens is 2. The van der Waals surface area contributed by atoms with Crippen LogP contribution < -0.4 is 0 Å². The van der Waals surface area contributed by atoms with Crippen molar-refractivity contribution in [2.24, 2.45) is 0 Å². The third kappa shape index (κ3) is 7.35. The zero-order valence-electron chi connectivity index (χ0n) is 29.7. The minimum absolute atomic E-state index is 0.561. The molecule has 2 N–H and O–H groups in total. The predicted octanol–water partition coefficient (Wildman–Crippen LogP) is 15.1. The molecule has 0 spiro atoms. The molecule has 0 unspecified atom stereocenters. The van der Waals surface area contributed by atoms with Crippen LogP contribution in [-0.2, 0) is 23.7 Å². The van der Waals surface area contributed by atoms with Gasteiger partial charge in [-0.3, -0.25) is 0 Å². The highest BCUT2D eigenvalue weighted by atomic mass is 35.5. The van der Waals surface area contributed by atoms with Crippen molar-refractivity contribution in [1.82, 2.24) is 19.9 Å². The molecule has 0 fully saturated rings. The Bertz CT molecular complexity index is 2510. The highest BCUT2D eigenvalue weighted by molar-refractivity contribution is 6.35. The van der Waals surface area contributed by atoms with E-state index in [1.807, 2.05) is 0 Å². The highest BCUT2D eigenvalue weighted by Crippen LogP contribution is 2.59. The van der Waals surface area contributed by atoms with Crippen molar-refractivity contribution in [1.29, 1.82) is 0 Å². The molecule has 4 nitrogen and oxygen atoms in total. The number of halogens is 30. The van der Waals surface area contributed by atoms with Crippen molar-refractivity contribution in [3.05, 3.63) is 67.2 Å². The van der Waals surface area contributed by atoms with E-state index in [4.69, 9.17) is 23.2 Å². The Hall–Kier alpha value is -4.78. The maximum atomic E-state index is 15.8. The Balaban J connectivity index is 2.30.